The van der Waals surface area contributed by atoms with Crippen LogP contribution in [0.3, 0.4) is 0 Å². The van der Waals surface area contributed by atoms with Crippen molar-refractivity contribution in [3.63, 3.8) is 0 Å². The Bertz CT molecular complexity index is 979. The molecule has 4 aromatic rings. The van der Waals surface area contributed by atoms with Crippen molar-refractivity contribution in [2.24, 2.45) is 0 Å². The predicted octanol–water partition coefficient (Wildman–Crippen LogP) is 1.09. The second-order valence-corrected chi connectivity index (χ2v) is 6.27. The highest BCUT2D eigenvalue weighted by atomic mass is 15.3. The molecular formula is C17H18N8. The van der Waals surface area contributed by atoms with E-state index in [0.717, 1.165) is 55.5 Å². The molecule has 126 valence electrons. The van der Waals surface area contributed by atoms with Crippen molar-refractivity contribution >= 4 is 17.1 Å². The highest BCUT2D eigenvalue weighted by molar-refractivity contribution is 5.63. The summed E-state index contributed by atoms with van der Waals surface area (Å²) in [6.45, 7) is 4.67. The fraction of sp³-hybridized carbons (Fsp3) is 0.294. The Balaban J connectivity index is 1.29. The summed E-state index contributed by atoms with van der Waals surface area (Å²) in [6, 6.07) is 6.07. The van der Waals surface area contributed by atoms with Crippen LogP contribution in [0.2, 0.25) is 0 Å². The quantitative estimate of drug-likeness (QED) is 0.559. The minimum absolute atomic E-state index is 0.816. The summed E-state index contributed by atoms with van der Waals surface area (Å²) < 4.78 is 3.98. The van der Waals surface area contributed by atoms with Gasteiger partial charge in [0.1, 0.15) is 12.0 Å². The van der Waals surface area contributed by atoms with E-state index in [1.54, 1.807) is 12.5 Å². The van der Waals surface area contributed by atoms with Crippen LogP contribution in [0.25, 0.3) is 11.3 Å². The van der Waals surface area contributed by atoms with Crippen molar-refractivity contribution in [1.29, 1.82) is 0 Å². The van der Waals surface area contributed by atoms with Crippen LogP contribution in [0.1, 0.15) is 5.69 Å². The third-order valence-corrected chi connectivity index (χ3v) is 4.67. The SMILES string of the molecule is c1ccn2cc(CN3CCN(c4nccn5cnnc45)CC3)nc2c1. The zero-order valence-corrected chi connectivity index (χ0v) is 13.7. The molecule has 0 atom stereocenters. The first kappa shape index (κ1) is 14.4. The number of aromatic nitrogens is 6. The Hall–Kier alpha value is -3.00. The minimum Gasteiger partial charge on any atom is -0.351 e. The molecule has 1 aliphatic rings. The van der Waals surface area contributed by atoms with Crippen molar-refractivity contribution in [3.05, 3.63) is 55.0 Å². The molecule has 0 N–H and O–H groups in total. The number of pyridine rings is 1. The second-order valence-electron chi connectivity index (χ2n) is 6.27. The zero-order chi connectivity index (χ0) is 16.6. The summed E-state index contributed by atoms with van der Waals surface area (Å²) in [6.07, 6.45) is 9.53. The van der Waals surface area contributed by atoms with Crippen molar-refractivity contribution < 1.29 is 0 Å². The molecule has 8 heteroatoms. The molecule has 0 aliphatic carbocycles. The predicted molar refractivity (Wildman–Crippen MR) is 93.5 cm³/mol. The Morgan fingerprint density at radius 2 is 1.92 bits per heavy atom. The molecule has 0 radical (unpaired) electrons. The number of anilines is 1. The van der Waals surface area contributed by atoms with E-state index in [-0.39, 0.29) is 0 Å². The van der Waals surface area contributed by atoms with Gasteiger partial charge in [0.15, 0.2) is 5.82 Å². The monoisotopic (exact) mass is 334 g/mol. The maximum absolute atomic E-state index is 4.69. The number of nitrogens with zero attached hydrogens (tertiary/aromatic N) is 8. The number of rotatable bonds is 3. The molecule has 0 aromatic carbocycles. The maximum atomic E-state index is 4.69. The molecule has 25 heavy (non-hydrogen) atoms. The first-order valence-electron chi connectivity index (χ1n) is 8.41. The van der Waals surface area contributed by atoms with E-state index in [1.165, 1.54) is 0 Å². The van der Waals surface area contributed by atoms with Gasteiger partial charge in [0.2, 0.25) is 5.65 Å². The van der Waals surface area contributed by atoms with E-state index in [4.69, 9.17) is 4.98 Å². The fourth-order valence-electron chi connectivity index (χ4n) is 3.38. The van der Waals surface area contributed by atoms with Gasteiger partial charge >= 0.3 is 0 Å². The van der Waals surface area contributed by atoms with Crippen molar-refractivity contribution in [2.75, 3.05) is 31.1 Å². The van der Waals surface area contributed by atoms with Crippen LogP contribution in [0.4, 0.5) is 5.82 Å². The average molecular weight is 334 g/mol. The smallest absolute Gasteiger partial charge is 0.203 e. The van der Waals surface area contributed by atoms with Gasteiger partial charge in [0.05, 0.1) is 5.69 Å². The van der Waals surface area contributed by atoms with E-state index in [2.05, 4.69) is 35.6 Å². The van der Waals surface area contributed by atoms with Crippen molar-refractivity contribution in [2.45, 2.75) is 6.54 Å². The van der Waals surface area contributed by atoms with Crippen LogP contribution >= 0.6 is 0 Å². The first-order valence-corrected chi connectivity index (χ1v) is 8.41. The van der Waals surface area contributed by atoms with Crippen LogP contribution in [0.15, 0.2) is 49.3 Å². The molecule has 0 saturated carbocycles. The molecule has 1 saturated heterocycles. The zero-order valence-electron chi connectivity index (χ0n) is 13.7. The highest BCUT2D eigenvalue weighted by Gasteiger charge is 2.21. The first-order chi connectivity index (χ1) is 12.4. The second kappa shape index (κ2) is 5.82. The molecule has 8 nitrogen and oxygen atoms in total. The summed E-state index contributed by atoms with van der Waals surface area (Å²) in [4.78, 5) is 13.9. The fourth-order valence-corrected chi connectivity index (χ4v) is 3.38. The van der Waals surface area contributed by atoms with Gasteiger partial charge in [-0.2, -0.15) is 0 Å². The summed E-state index contributed by atoms with van der Waals surface area (Å²) in [5.74, 6) is 0.910. The van der Waals surface area contributed by atoms with Gasteiger partial charge in [-0.25, -0.2) is 9.97 Å². The van der Waals surface area contributed by atoms with Gasteiger partial charge in [0.25, 0.3) is 0 Å². The summed E-state index contributed by atoms with van der Waals surface area (Å²) >= 11 is 0. The maximum Gasteiger partial charge on any atom is 0.203 e. The van der Waals surface area contributed by atoms with E-state index < -0.39 is 0 Å². The number of hydrogen-bond donors (Lipinski definition) is 0. The summed E-state index contributed by atoms with van der Waals surface area (Å²) in [7, 11) is 0. The standard InChI is InChI=1S/C17H18N8/c1-2-5-24-12-14(20-15(24)3-1)11-22-7-9-23(10-8-22)16-17-21-19-13-25(17)6-4-18-16/h1-6,12-13H,7-11H2. The van der Waals surface area contributed by atoms with Crippen LogP contribution in [0.5, 0.6) is 0 Å². The van der Waals surface area contributed by atoms with E-state index in [0.29, 0.717) is 0 Å². The van der Waals surface area contributed by atoms with E-state index in [9.17, 15) is 0 Å². The third kappa shape index (κ3) is 2.60. The molecule has 5 heterocycles. The molecule has 0 bridgehead atoms. The Morgan fingerprint density at radius 3 is 2.80 bits per heavy atom. The minimum atomic E-state index is 0.816. The normalized spacial score (nSPS) is 16.1. The molecular weight excluding hydrogens is 316 g/mol. The topological polar surface area (TPSA) is 66.9 Å². The van der Waals surface area contributed by atoms with Gasteiger partial charge in [-0.1, -0.05) is 6.07 Å². The largest absolute Gasteiger partial charge is 0.351 e. The number of piperazine rings is 1. The van der Waals surface area contributed by atoms with Gasteiger partial charge in [-0.3, -0.25) is 9.30 Å². The van der Waals surface area contributed by atoms with Crippen LogP contribution in [-0.4, -0.2) is 60.0 Å². The lowest BCUT2D eigenvalue weighted by atomic mass is 10.3. The lowest BCUT2D eigenvalue weighted by molar-refractivity contribution is 0.247. The summed E-state index contributed by atoms with van der Waals surface area (Å²) in [5, 5.41) is 8.16. The molecule has 5 rings (SSSR count). The van der Waals surface area contributed by atoms with E-state index in [1.807, 2.05) is 35.0 Å². The Morgan fingerprint density at radius 1 is 1.00 bits per heavy atom. The molecule has 1 fully saturated rings. The summed E-state index contributed by atoms with van der Waals surface area (Å²) in [5.41, 5.74) is 2.92. The van der Waals surface area contributed by atoms with Crippen LogP contribution < -0.4 is 4.90 Å². The van der Waals surface area contributed by atoms with Gasteiger partial charge in [-0.05, 0) is 12.1 Å². The number of hydrogen-bond acceptors (Lipinski definition) is 6. The van der Waals surface area contributed by atoms with Crippen molar-refractivity contribution in [3.8, 4) is 0 Å². The molecule has 0 unspecified atom stereocenters. The number of fused-ring (bicyclic) bond motifs is 2. The van der Waals surface area contributed by atoms with Gasteiger partial charge in [0, 0.05) is 57.5 Å². The molecule has 1 aliphatic heterocycles. The molecule has 4 aromatic heterocycles. The van der Waals surface area contributed by atoms with E-state index >= 15 is 0 Å². The van der Waals surface area contributed by atoms with Crippen LogP contribution in [-0.2, 0) is 6.54 Å². The van der Waals surface area contributed by atoms with Crippen LogP contribution in [0, 0.1) is 0 Å². The molecule has 0 spiro atoms. The lowest BCUT2D eigenvalue weighted by Gasteiger charge is -2.34. The highest BCUT2D eigenvalue weighted by Crippen LogP contribution is 2.18. The average Bonchev–Trinajstić information content (AvgIpc) is 3.28. The molecule has 0 amide bonds. The Kier molecular flexibility index (Phi) is 3.34. The van der Waals surface area contributed by atoms with Crippen molar-refractivity contribution in [1.82, 2.24) is 33.9 Å². The van der Waals surface area contributed by atoms with Gasteiger partial charge in [-0.15, -0.1) is 10.2 Å². The van der Waals surface area contributed by atoms with Gasteiger partial charge < -0.3 is 9.30 Å². The third-order valence-electron chi connectivity index (χ3n) is 4.67. The Labute approximate surface area is 144 Å². The number of imidazole rings is 1. The lowest BCUT2D eigenvalue weighted by Crippen LogP contribution is -2.46.